The Kier molecular flexibility index (Phi) is 54100. The minimum atomic E-state index is 0. The van der Waals surface area contributed by atoms with Gasteiger partial charge in [-0.05, 0) is 0 Å². The van der Waals surface area contributed by atoms with Crippen LogP contribution in [0.2, 0.25) is 0 Å². The van der Waals surface area contributed by atoms with Crippen LogP contribution in [-0.4, -0.2) is 0 Å². The second-order valence-electron chi connectivity index (χ2n) is 0. The van der Waals surface area contributed by atoms with Gasteiger partial charge in [0.2, 0.25) is 0 Å². The van der Waals surface area contributed by atoms with Gasteiger partial charge in [-0.15, -0.1) is 0 Å². The van der Waals surface area contributed by atoms with Crippen molar-refractivity contribution in [1.29, 1.82) is 0 Å². The van der Waals surface area contributed by atoms with Gasteiger partial charge in [0, 0.05) is 0 Å². The fourth-order valence-electron chi connectivity index (χ4n) is 0. The zero-order chi connectivity index (χ0) is 6.00. The fourth-order valence-corrected chi connectivity index (χ4v) is 0. The molecule has 0 bridgehead atoms. The van der Waals surface area contributed by atoms with E-state index in [0.29, 0.717) is 0 Å². The van der Waals surface area contributed by atoms with Crippen LogP contribution in [0.25, 0.3) is 0 Å². The first kappa shape index (κ1) is 45.4. The predicted molar refractivity (Wildman–Crippen MR) is 18.2 cm³/mol. The van der Waals surface area contributed by atoms with E-state index >= 15 is 0 Å². The first-order chi connectivity index (χ1) is 3.00. The summed E-state index contributed by atoms with van der Waals surface area (Å²) in [5, 5.41) is 0. The van der Waals surface area contributed by atoms with Gasteiger partial charge in [-0.2, -0.15) is 0 Å². The maximum atomic E-state index is 7.50. The van der Waals surface area contributed by atoms with Crippen LogP contribution in [-0.2, 0) is 33.4 Å². The van der Waals surface area contributed by atoms with Crippen LogP contribution in [0.5, 0.6) is 0 Å². The van der Waals surface area contributed by atoms with Crippen molar-refractivity contribution in [1.82, 2.24) is 0 Å². The van der Waals surface area contributed by atoms with Crippen LogP contribution in [0.15, 0.2) is 0 Å². The maximum Gasteiger partial charge on any atom is 1.00 e. The van der Waals surface area contributed by atoms with E-state index in [1.165, 1.54) is 0 Å². The molecule has 8 heavy (non-hydrogen) atoms. The molecule has 0 aromatic rings. The van der Waals surface area contributed by atoms with Crippen LogP contribution in [0, 0.1) is 27.4 Å². The van der Waals surface area contributed by atoms with Gasteiger partial charge in [-0.1, -0.05) is 0 Å². The van der Waals surface area contributed by atoms with E-state index in [1.54, 1.807) is 0 Å². The summed E-state index contributed by atoms with van der Waals surface area (Å²) in [4.78, 5) is 0. The van der Waals surface area contributed by atoms with Crippen molar-refractivity contribution in [3.05, 3.63) is 27.4 Å². The van der Waals surface area contributed by atoms with E-state index in [2.05, 4.69) is 20.0 Å². The Hall–Kier alpha value is -0.157. The van der Waals surface area contributed by atoms with Gasteiger partial charge in [0.1, 0.15) is 0 Å². The van der Waals surface area contributed by atoms with Crippen molar-refractivity contribution in [3.63, 3.8) is 0 Å². The summed E-state index contributed by atoms with van der Waals surface area (Å²) in [5.41, 5.74) is 0. The minimum absolute atomic E-state index is 0. The Morgan fingerprint density at radius 2 is 0.625 bits per heavy atom. The summed E-state index contributed by atoms with van der Waals surface area (Å²) in [6.07, 6.45) is 0. The van der Waals surface area contributed by atoms with E-state index in [4.69, 9.17) is 14.0 Å². The Balaban J connectivity index is -0.00000000500. The van der Waals surface area contributed by atoms with E-state index in [0.717, 1.165) is 0 Å². The molecule has 4 heteroatoms. The third kappa shape index (κ3) is 5590. The van der Waals surface area contributed by atoms with Crippen molar-refractivity contribution >= 4 is 0 Å². The average molecular weight is 200 g/mol. The molecule has 1 radical (unpaired) electrons. The second kappa shape index (κ2) is 9530. The zero-order valence-electron chi connectivity index (χ0n) is 4.08. The van der Waals surface area contributed by atoms with Crippen LogP contribution in [0.4, 0.5) is 0 Å². The third-order valence-corrected chi connectivity index (χ3v) is 0. The molecule has 0 saturated carbocycles. The largest absolute Gasteiger partial charge is 1.00 e. The molecule has 0 saturated heterocycles. The Morgan fingerprint density at radius 3 is 0.625 bits per heavy atom. The van der Waals surface area contributed by atoms with Gasteiger partial charge >= 0.3 is 53.4 Å². The Morgan fingerprint density at radius 1 is 0.625 bits per heavy atom. The van der Waals surface area contributed by atoms with E-state index < -0.39 is 0 Å². The zero-order valence-corrected chi connectivity index (χ0v) is 5.82. The summed E-state index contributed by atoms with van der Waals surface area (Å²) >= 11 is 0. The van der Waals surface area contributed by atoms with Crippen molar-refractivity contribution in [2.75, 3.05) is 0 Å². The first-order valence-corrected chi connectivity index (χ1v) is 0.612. The standard InChI is InChI=1S/3CO.CH3.Ru/c3*1-2;;/h;;;1H3;/q;;;-1;+1. The van der Waals surface area contributed by atoms with Crippen LogP contribution in [0.3, 0.4) is 0 Å². The molecule has 3 nitrogen and oxygen atoms in total. The molecule has 0 rings (SSSR count). The number of rotatable bonds is 0. The summed E-state index contributed by atoms with van der Waals surface area (Å²) in [5.74, 6) is 0. The predicted octanol–water partition coefficient (Wildman–Crippen LogP) is 0.335. The van der Waals surface area contributed by atoms with Gasteiger partial charge < -0.3 is 7.43 Å². The molecule has 0 spiro atoms. The molecule has 0 aliphatic carbocycles. The van der Waals surface area contributed by atoms with E-state index in [1.807, 2.05) is 0 Å². The third-order valence-electron chi connectivity index (χ3n) is 0. The minimum Gasteiger partial charge on any atom is -0.358 e. The molecule has 0 aliphatic heterocycles. The molecular formula is C4H3O3Ru. The summed E-state index contributed by atoms with van der Waals surface area (Å²) in [6.45, 7) is 13.5. The molecule has 0 fully saturated rings. The number of hydrogen-bond donors (Lipinski definition) is 0. The van der Waals surface area contributed by atoms with Crippen LogP contribution < -0.4 is 0 Å². The fraction of sp³-hybridized carbons (Fsp3) is 0. The molecule has 0 amide bonds. The molecule has 0 unspecified atom stereocenters. The van der Waals surface area contributed by atoms with Crippen molar-refractivity contribution in [3.8, 4) is 0 Å². The quantitative estimate of drug-likeness (QED) is 0.307. The maximum absolute atomic E-state index is 7.50. The van der Waals surface area contributed by atoms with E-state index in [-0.39, 0.29) is 26.9 Å². The van der Waals surface area contributed by atoms with E-state index in [9.17, 15) is 0 Å². The molecule has 0 aromatic carbocycles. The smallest absolute Gasteiger partial charge is 0.358 e. The van der Waals surface area contributed by atoms with Crippen molar-refractivity contribution in [2.24, 2.45) is 0 Å². The SMILES string of the molecule is [C-]#[O+].[C-]#[O+].[C-]#[O+].[CH3-].[Ru+]. The van der Waals surface area contributed by atoms with Crippen LogP contribution >= 0.6 is 0 Å². The van der Waals surface area contributed by atoms with Crippen molar-refractivity contribution < 1.29 is 33.4 Å². The molecular weight excluding hydrogens is 197 g/mol. The first-order valence-electron chi connectivity index (χ1n) is 0.612. The molecule has 0 aromatic heterocycles. The summed E-state index contributed by atoms with van der Waals surface area (Å²) < 4.78 is 22.5. The molecule has 0 aliphatic rings. The van der Waals surface area contributed by atoms with Crippen LogP contribution in [0.1, 0.15) is 0 Å². The monoisotopic (exact) mass is 201 g/mol. The van der Waals surface area contributed by atoms with Gasteiger partial charge in [-0.3, -0.25) is 0 Å². The Bertz CT molecular complexity index is 39.8. The Labute approximate surface area is 61.4 Å². The second-order valence-corrected chi connectivity index (χ2v) is 0. The molecule has 0 heterocycles. The molecule has 45 valence electrons. The van der Waals surface area contributed by atoms with Gasteiger partial charge in [0.15, 0.2) is 0 Å². The summed E-state index contributed by atoms with van der Waals surface area (Å²) in [6, 6.07) is 0. The summed E-state index contributed by atoms with van der Waals surface area (Å²) in [7, 11) is 0. The molecule has 0 N–H and O–H groups in total. The topological polar surface area (TPSA) is 59.7 Å². The van der Waals surface area contributed by atoms with Crippen molar-refractivity contribution in [2.45, 2.75) is 0 Å². The van der Waals surface area contributed by atoms with Gasteiger partial charge in [0.25, 0.3) is 0 Å². The number of hydrogen-bond acceptors (Lipinski definition) is 0. The van der Waals surface area contributed by atoms with Gasteiger partial charge in [0.05, 0.1) is 0 Å². The van der Waals surface area contributed by atoms with Gasteiger partial charge in [-0.25, -0.2) is 0 Å². The average Bonchev–Trinajstić information content (AvgIpc) is 1.81. The normalized spacial score (nSPS) is 0.750. The molecule has 0 atom stereocenters.